The highest BCUT2D eigenvalue weighted by atomic mass is 79.9. The molecule has 2 aromatic heterocycles. The number of carbonyl (C=O) groups is 2. The largest absolute Gasteiger partial charge is 0.465 e. The van der Waals surface area contributed by atoms with Gasteiger partial charge in [0.15, 0.2) is 10.5 Å². The van der Waals surface area contributed by atoms with Gasteiger partial charge in [-0.1, -0.05) is 12.1 Å². The van der Waals surface area contributed by atoms with Crippen molar-refractivity contribution in [1.29, 1.82) is 0 Å². The van der Waals surface area contributed by atoms with Crippen molar-refractivity contribution in [2.75, 3.05) is 0 Å². The number of benzene rings is 1. The minimum Gasteiger partial charge on any atom is -0.465 e. The fourth-order valence-electron chi connectivity index (χ4n) is 1.97. The lowest BCUT2D eigenvalue weighted by Crippen LogP contribution is -2.10. The molecule has 0 N–H and O–H groups in total. The van der Waals surface area contributed by atoms with Crippen LogP contribution in [0.15, 0.2) is 74.4 Å². The molecule has 0 aliphatic heterocycles. The van der Waals surface area contributed by atoms with Crippen molar-refractivity contribution in [3.63, 3.8) is 0 Å². The summed E-state index contributed by atoms with van der Waals surface area (Å²) in [6.45, 7) is 0. The first kappa shape index (κ1) is 16.0. The molecule has 0 saturated carbocycles. The van der Waals surface area contributed by atoms with Crippen molar-refractivity contribution in [2.45, 2.75) is 0 Å². The summed E-state index contributed by atoms with van der Waals surface area (Å²) >= 11 is 3.12. The van der Waals surface area contributed by atoms with Crippen LogP contribution < -0.4 is 4.74 Å². The summed E-state index contributed by atoms with van der Waals surface area (Å²) in [5.74, 6) is -0.246. The average molecular weight is 387 g/mol. The number of allylic oxidation sites excluding steroid dienone is 1. The zero-order valence-corrected chi connectivity index (χ0v) is 13.9. The van der Waals surface area contributed by atoms with Gasteiger partial charge in [0.1, 0.15) is 11.5 Å². The average Bonchev–Trinajstić information content (AvgIpc) is 3.24. The number of hydrogen-bond acceptors (Lipinski definition) is 5. The fourth-order valence-corrected chi connectivity index (χ4v) is 2.27. The lowest BCUT2D eigenvalue weighted by Gasteiger charge is -2.06. The van der Waals surface area contributed by atoms with Crippen molar-refractivity contribution in [3.8, 4) is 5.75 Å². The third-order valence-corrected chi connectivity index (χ3v) is 3.50. The molecule has 0 spiro atoms. The van der Waals surface area contributed by atoms with Crippen molar-refractivity contribution in [2.24, 2.45) is 0 Å². The zero-order chi connectivity index (χ0) is 16.9. The molecule has 0 bridgehead atoms. The summed E-state index contributed by atoms with van der Waals surface area (Å²) in [6.07, 6.45) is 4.42. The Morgan fingerprint density at radius 3 is 2.58 bits per heavy atom. The molecule has 1 aromatic carbocycles. The first-order chi connectivity index (χ1) is 11.6. The topological polar surface area (TPSA) is 69.7 Å². The van der Waals surface area contributed by atoms with Gasteiger partial charge in [-0.3, -0.25) is 4.79 Å². The Balaban J connectivity index is 1.80. The van der Waals surface area contributed by atoms with Gasteiger partial charge in [0.05, 0.1) is 11.8 Å². The molecule has 3 aromatic rings. The van der Waals surface area contributed by atoms with Crippen LogP contribution in [0.2, 0.25) is 0 Å². The number of ether oxygens (including phenoxy) is 1. The molecule has 5 nitrogen and oxygen atoms in total. The number of para-hydroxylation sites is 1. The molecule has 0 radical (unpaired) electrons. The number of rotatable bonds is 5. The van der Waals surface area contributed by atoms with Crippen molar-refractivity contribution in [1.82, 2.24) is 0 Å². The number of ketones is 1. The van der Waals surface area contributed by atoms with E-state index in [0.29, 0.717) is 10.4 Å². The molecule has 0 unspecified atom stereocenters. The van der Waals surface area contributed by atoms with Gasteiger partial charge < -0.3 is 13.6 Å². The summed E-state index contributed by atoms with van der Waals surface area (Å²) in [5, 5.41) is 0. The predicted molar refractivity (Wildman–Crippen MR) is 89.9 cm³/mol. The van der Waals surface area contributed by atoms with E-state index >= 15 is 0 Å². The monoisotopic (exact) mass is 386 g/mol. The van der Waals surface area contributed by atoms with Crippen LogP contribution in [-0.4, -0.2) is 11.8 Å². The maximum Gasteiger partial charge on any atom is 0.379 e. The Morgan fingerprint density at radius 2 is 1.88 bits per heavy atom. The lowest BCUT2D eigenvalue weighted by molar-refractivity contribution is 0.0698. The van der Waals surface area contributed by atoms with Crippen LogP contribution in [-0.2, 0) is 0 Å². The van der Waals surface area contributed by atoms with Gasteiger partial charge in [-0.2, -0.15) is 0 Å². The third-order valence-electron chi connectivity index (χ3n) is 3.07. The van der Waals surface area contributed by atoms with E-state index in [9.17, 15) is 9.59 Å². The van der Waals surface area contributed by atoms with Gasteiger partial charge in [-0.15, -0.1) is 0 Å². The highest BCUT2D eigenvalue weighted by molar-refractivity contribution is 9.10. The summed E-state index contributed by atoms with van der Waals surface area (Å²) < 4.78 is 16.0. The Labute approximate surface area is 145 Å². The standard InChI is InChI=1S/C18H11BrO5/c19-17-10-9-16(23-17)18(21)24-15-6-2-1-5-13(15)14(20)8-7-12-4-3-11-22-12/h1-11H/b8-7+. The van der Waals surface area contributed by atoms with Crippen molar-refractivity contribution < 1.29 is 23.2 Å². The van der Waals surface area contributed by atoms with Gasteiger partial charge in [-0.05, 0) is 64.5 Å². The molecule has 3 rings (SSSR count). The lowest BCUT2D eigenvalue weighted by atomic mass is 10.1. The Hall–Kier alpha value is -2.86. The Morgan fingerprint density at radius 1 is 1.04 bits per heavy atom. The van der Waals surface area contributed by atoms with E-state index < -0.39 is 5.97 Å². The molecular weight excluding hydrogens is 376 g/mol. The van der Waals surface area contributed by atoms with E-state index in [1.54, 1.807) is 48.5 Å². The molecule has 0 aliphatic rings. The fraction of sp³-hybridized carbons (Fsp3) is 0. The van der Waals surface area contributed by atoms with E-state index in [4.69, 9.17) is 13.6 Å². The van der Waals surface area contributed by atoms with Crippen LogP contribution in [0.25, 0.3) is 6.08 Å². The van der Waals surface area contributed by atoms with Gasteiger partial charge in [0.25, 0.3) is 0 Å². The highest BCUT2D eigenvalue weighted by Crippen LogP contribution is 2.22. The Kier molecular flexibility index (Phi) is 4.77. The summed E-state index contributed by atoms with van der Waals surface area (Å²) in [5.41, 5.74) is 0.263. The van der Waals surface area contributed by atoms with Gasteiger partial charge in [-0.25, -0.2) is 4.79 Å². The molecule has 0 fully saturated rings. The second kappa shape index (κ2) is 7.14. The maximum atomic E-state index is 12.3. The van der Waals surface area contributed by atoms with Gasteiger partial charge >= 0.3 is 5.97 Å². The van der Waals surface area contributed by atoms with Crippen molar-refractivity contribution in [3.05, 3.63) is 82.6 Å². The Bertz CT molecular complexity index is 890. The van der Waals surface area contributed by atoms with Crippen LogP contribution in [0.1, 0.15) is 26.7 Å². The van der Waals surface area contributed by atoms with Crippen molar-refractivity contribution >= 4 is 33.8 Å². The highest BCUT2D eigenvalue weighted by Gasteiger charge is 2.17. The smallest absolute Gasteiger partial charge is 0.379 e. The van der Waals surface area contributed by atoms with E-state index in [1.807, 2.05) is 0 Å². The van der Waals surface area contributed by atoms with Crippen LogP contribution in [0.5, 0.6) is 5.75 Å². The van der Waals surface area contributed by atoms with Crippen LogP contribution in [0.4, 0.5) is 0 Å². The first-order valence-corrected chi connectivity index (χ1v) is 7.75. The van der Waals surface area contributed by atoms with E-state index in [0.717, 1.165) is 0 Å². The zero-order valence-electron chi connectivity index (χ0n) is 12.3. The summed E-state index contributed by atoms with van der Waals surface area (Å²) in [6, 6.07) is 13.0. The molecule has 0 aliphatic carbocycles. The maximum absolute atomic E-state index is 12.3. The predicted octanol–water partition coefficient (Wildman–Crippen LogP) is 4.75. The molecule has 24 heavy (non-hydrogen) atoms. The SMILES string of the molecule is O=C(Oc1ccccc1C(=O)/C=C/c1ccco1)c1ccc(Br)o1. The minimum absolute atomic E-state index is 0.0373. The number of carbonyl (C=O) groups excluding carboxylic acids is 2. The van der Waals surface area contributed by atoms with E-state index in [-0.39, 0.29) is 22.9 Å². The molecule has 0 saturated heterocycles. The van der Waals surface area contributed by atoms with Gasteiger partial charge in [0, 0.05) is 0 Å². The molecular formula is C18H11BrO5. The second-order valence-corrected chi connectivity index (χ2v) is 5.48. The number of esters is 1. The molecule has 6 heteroatoms. The van der Waals surface area contributed by atoms with Crippen LogP contribution in [0, 0.1) is 0 Å². The second-order valence-electron chi connectivity index (χ2n) is 4.70. The summed E-state index contributed by atoms with van der Waals surface area (Å²) in [7, 11) is 0. The van der Waals surface area contributed by atoms with E-state index in [2.05, 4.69) is 15.9 Å². The van der Waals surface area contributed by atoms with Crippen LogP contribution in [0.3, 0.4) is 0 Å². The molecule has 2 heterocycles. The van der Waals surface area contributed by atoms with E-state index in [1.165, 1.54) is 18.4 Å². The summed E-state index contributed by atoms with van der Waals surface area (Å²) in [4.78, 5) is 24.4. The number of hydrogen-bond donors (Lipinski definition) is 0. The molecule has 0 amide bonds. The normalized spacial score (nSPS) is 10.9. The number of halogens is 1. The van der Waals surface area contributed by atoms with Gasteiger partial charge in [0.2, 0.25) is 5.76 Å². The third kappa shape index (κ3) is 3.72. The molecule has 0 atom stereocenters. The number of furan rings is 2. The molecule has 120 valence electrons. The first-order valence-electron chi connectivity index (χ1n) is 6.96. The van der Waals surface area contributed by atoms with Crippen LogP contribution >= 0.6 is 15.9 Å². The quantitative estimate of drug-likeness (QED) is 0.274. The minimum atomic E-state index is -0.684.